The first-order valence-electron chi connectivity index (χ1n) is 27.8. The number of carboxylic acid groups (broad SMARTS) is 2. The van der Waals surface area contributed by atoms with Gasteiger partial charge < -0.3 is 93.2 Å². The number of guanidine groups is 1. The highest BCUT2D eigenvalue weighted by atomic mass is 16.5. The lowest BCUT2D eigenvalue weighted by Gasteiger charge is -2.34. The number of hydrogen-bond acceptors (Lipinski definition) is 18. The first-order valence-corrected chi connectivity index (χ1v) is 27.8. The summed E-state index contributed by atoms with van der Waals surface area (Å²) in [6, 6.07) is -14.9. The molecular formula is C51H83N11O19. The Morgan fingerprint density at radius 1 is 0.617 bits per heavy atom. The molecule has 8 amide bonds. The molecule has 4 heterocycles. The van der Waals surface area contributed by atoms with E-state index in [0.29, 0.717) is 23.7 Å². The van der Waals surface area contributed by atoms with E-state index in [-0.39, 0.29) is 77.0 Å². The minimum absolute atomic E-state index is 0.00867. The van der Waals surface area contributed by atoms with Crippen LogP contribution in [0.5, 0.6) is 0 Å². The Bertz CT molecular complexity index is 2270. The monoisotopic (exact) mass is 1150 g/mol. The van der Waals surface area contributed by atoms with Gasteiger partial charge in [0.15, 0.2) is 24.2 Å². The Labute approximate surface area is 468 Å². The zero-order chi connectivity index (χ0) is 60.2. The Morgan fingerprint density at radius 3 is 1.78 bits per heavy atom. The van der Waals surface area contributed by atoms with Gasteiger partial charge in [0.1, 0.15) is 48.4 Å². The van der Waals surface area contributed by atoms with E-state index in [1.54, 1.807) is 0 Å². The van der Waals surface area contributed by atoms with Crippen LogP contribution in [-0.2, 0) is 57.5 Å². The number of amides is 8. The Hall–Kier alpha value is -6.76. The molecule has 16 N–H and O–H groups in total. The number of aliphatic imine (C=N–C) groups is 1. The Balaban J connectivity index is 1.77. The second-order valence-corrected chi connectivity index (χ2v) is 21.5. The molecule has 13 atom stereocenters. The van der Waals surface area contributed by atoms with Gasteiger partial charge in [-0.3, -0.25) is 43.3 Å². The average Bonchev–Trinajstić information content (AvgIpc) is 4.22. The van der Waals surface area contributed by atoms with Crippen molar-refractivity contribution < 1.29 is 93.2 Å². The number of nitrogens with two attached hydrogens (primary N) is 2. The summed E-state index contributed by atoms with van der Waals surface area (Å²) in [6.45, 7) is 3.59. The van der Waals surface area contributed by atoms with Crippen molar-refractivity contribution in [3.63, 3.8) is 0 Å². The van der Waals surface area contributed by atoms with Crippen LogP contribution in [0.2, 0.25) is 0 Å². The molecule has 30 heteroatoms. The zero-order valence-electron chi connectivity index (χ0n) is 46.1. The molecule has 0 bridgehead atoms. The molecule has 81 heavy (non-hydrogen) atoms. The fourth-order valence-corrected chi connectivity index (χ4v) is 10.4. The molecule has 4 aliphatic rings. The maximum atomic E-state index is 14.5. The lowest BCUT2D eigenvalue weighted by molar-refractivity contribution is -0.165. The van der Waals surface area contributed by atoms with Crippen LogP contribution in [-0.4, -0.2) is 233 Å². The lowest BCUT2D eigenvalue weighted by Crippen LogP contribution is -2.64. The number of fused-ring (bicyclic) bond motifs is 3. The number of aliphatic hydroxyl groups excluding tert-OH is 5. The van der Waals surface area contributed by atoms with Crippen molar-refractivity contribution in [1.29, 1.82) is 0 Å². The molecule has 0 saturated carbocycles. The molecule has 30 nitrogen and oxygen atoms in total. The van der Waals surface area contributed by atoms with Gasteiger partial charge in [0.2, 0.25) is 47.3 Å². The summed E-state index contributed by atoms with van der Waals surface area (Å²) < 4.78 is 5.66. The third-order valence-corrected chi connectivity index (χ3v) is 14.8. The van der Waals surface area contributed by atoms with E-state index in [4.69, 9.17) is 16.2 Å². The SMILES string of the molecule is CC(C)CCCCCCCCC[C@@H]1CC(=O)N[C@H]([C@@H](C)O)C(=O)N2CCC[C@@H]2C(=O)N2CCC[C@H]2C(=O)N[C@@H](CCCN=C(N)N)C(=O)N[C@H]([C@@H](O)C(=O)O)C(=O)N[C@@H](CO)C(=O)N2CC[C@H](O)[C@H]2C(=O)N[C@@H]([C@H](O)C(=O)O)C(=O)O1. The smallest absolute Gasteiger partial charge is 0.335 e. The summed E-state index contributed by atoms with van der Waals surface area (Å²) in [5.74, 6) is -14.5. The summed E-state index contributed by atoms with van der Waals surface area (Å²) in [6.07, 6.45) is -4.32. The predicted molar refractivity (Wildman–Crippen MR) is 282 cm³/mol. The molecule has 0 spiro atoms. The minimum Gasteiger partial charge on any atom is -0.479 e. The van der Waals surface area contributed by atoms with Crippen LogP contribution in [0.3, 0.4) is 0 Å². The van der Waals surface area contributed by atoms with Crippen LogP contribution in [0.15, 0.2) is 4.99 Å². The fourth-order valence-electron chi connectivity index (χ4n) is 10.4. The number of rotatable bonds is 20. The number of cyclic esters (lactones) is 1. The summed E-state index contributed by atoms with van der Waals surface area (Å²) in [7, 11) is 0. The molecular weight excluding hydrogens is 1070 g/mol. The number of hydrogen-bond donors (Lipinski definition) is 14. The van der Waals surface area contributed by atoms with Gasteiger partial charge in [-0.25, -0.2) is 14.4 Å². The fraction of sp³-hybridized carbons (Fsp3) is 0.765. The summed E-state index contributed by atoms with van der Waals surface area (Å²) in [4.78, 5) is 158. The number of unbranched alkanes of at least 4 members (excludes halogenated alkanes) is 6. The largest absolute Gasteiger partial charge is 0.479 e. The Morgan fingerprint density at radius 2 is 1.19 bits per heavy atom. The van der Waals surface area contributed by atoms with E-state index in [1.165, 1.54) is 11.8 Å². The zero-order valence-corrected chi connectivity index (χ0v) is 46.1. The van der Waals surface area contributed by atoms with Crippen LogP contribution in [0.4, 0.5) is 0 Å². The molecule has 0 aromatic heterocycles. The number of nitrogens with one attached hydrogen (secondary N) is 5. The standard InChI is InChI=1S/C51H83N11O19/c1-26(2)14-9-7-5-4-6-8-10-15-28-24-34(66)57-35(27(3)64)47(75)61-22-13-18-32(61)46(74)60-21-12-17-31(60)42(70)55-29(16-11-20-54-51(52)53)41(69)58-36(39(67)48(76)77)43(71)56-30(25-63)45(73)62-23-19-33(65)38(62)44(72)59-37(50(80)81-28)40(68)49(78)79/h26-33,35-40,63-65,67-68H,4-25H2,1-3H3,(H,55,70)(H,56,71)(H,57,66)(H,58,69)(H,59,72)(H,76,77)(H,78,79)(H4,52,53,54)/t27-,28-,29+,30+,31+,32-,33+,35-,36-,37+,38+,39-,40+/m1/s1. The molecule has 0 radical (unpaired) electrons. The summed E-state index contributed by atoms with van der Waals surface area (Å²) >= 11 is 0. The van der Waals surface area contributed by atoms with E-state index in [9.17, 15) is 88.5 Å². The molecule has 0 aliphatic carbocycles. The van der Waals surface area contributed by atoms with Gasteiger partial charge in [0.05, 0.1) is 25.2 Å². The third-order valence-electron chi connectivity index (χ3n) is 14.8. The van der Waals surface area contributed by atoms with Crippen LogP contribution in [0, 0.1) is 5.92 Å². The predicted octanol–water partition coefficient (Wildman–Crippen LogP) is -4.85. The number of carbonyl (C=O) groups is 11. The maximum absolute atomic E-state index is 14.5. The summed E-state index contributed by atoms with van der Waals surface area (Å²) in [5, 5.41) is 84.8. The summed E-state index contributed by atoms with van der Waals surface area (Å²) in [5.41, 5.74) is 10.9. The van der Waals surface area contributed by atoms with Crippen LogP contribution < -0.4 is 38.1 Å². The second-order valence-electron chi connectivity index (χ2n) is 21.5. The van der Waals surface area contributed by atoms with Crippen molar-refractivity contribution >= 4 is 71.1 Å². The third kappa shape index (κ3) is 19.2. The Kier molecular flexibility index (Phi) is 26.4. The normalized spacial score (nSPS) is 28.2. The van der Waals surface area contributed by atoms with E-state index in [1.807, 2.05) is 10.6 Å². The number of aliphatic carboxylic acids is 2. The second kappa shape index (κ2) is 32.0. The van der Waals surface area contributed by atoms with Gasteiger partial charge in [0.25, 0.3) is 0 Å². The van der Waals surface area contributed by atoms with Crippen LogP contribution >= 0.6 is 0 Å². The van der Waals surface area contributed by atoms with Crippen molar-refractivity contribution in [2.75, 3.05) is 32.8 Å². The molecule has 0 unspecified atom stereocenters. The molecule has 4 saturated heterocycles. The van der Waals surface area contributed by atoms with Crippen molar-refractivity contribution in [2.45, 2.75) is 209 Å². The number of ether oxygens (including phenoxy) is 1. The van der Waals surface area contributed by atoms with Crippen LogP contribution in [0.25, 0.3) is 0 Å². The molecule has 0 aromatic carbocycles. The molecule has 4 rings (SSSR count). The van der Waals surface area contributed by atoms with E-state index in [2.05, 4.69) is 34.8 Å². The number of carbonyl (C=O) groups excluding carboxylic acids is 9. The highest BCUT2D eigenvalue weighted by molar-refractivity contribution is 6.00. The van der Waals surface area contributed by atoms with Crippen molar-refractivity contribution in [3.05, 3.63) is 0 Å². The quantitative estimate of drug-likeness (QED) is 0.0235. The number of aliphatic hydroxyl groups is 5. The highest BCUT2D eigenvalue weighted by Gasteiger charge is 2.48. The average molecular weight is 1150 g/mol. The topological polar surface area (TPSA) is 473 Å². The van der Waals surface area contributed by atoms with Crippen molar-refractivity contribution in [3.8, 4) is 0 Å². The molecule has 4 fully saturated rings. The number of nitrogens with zero attached hydrogens (tertiary/aromatic N) is 4. The van der Waals surface area contributed by atoms with E-state index in [0.717, 1.165) is 43.4 Å². The molecule has 456 valence electrons. The van der Waals surface area contributed by atoms with E-state index >= 15 is 0 Å². The number of esters is 1. The van der Waals surface area contributed by atoms with Crippen molar-refractivity contribution in [1.82, 2.24) is 41.3 Å². The van der Waals surface area contributed by atoms with Gasteiger partial charge >= 0.3 is 17.9 Å². The lowest BCUT2D eigenvalue weighted by atomic mass is 10.0. The number of carboxylic acids is 2. The first-order chi connectivity index (χ1) is 38.3. The van der Waals surface area contributed by atoms with Gasteiger partial charge in [-0.1, -0.05) is 58.8 Å². The van der Waals surface area contributed by atoms with Gasteiger partial charge in [-0.15, -0.1) is 0 Å². The highest BCUT2D eigenvalue weighted by Crippen LogP contribution is 2.27. The molecule has 0 aromatic rings. The van der Waals surface area contributed by atoms with Gasteiger partial charge in [-0.05, 0) is 70.6 Å². The van der Waals surface area contributed by atoms with Crippen molar-refractivity contribution in [2.24, 2.45) is 22.4 Å². The van der Waals surface area contributed by atoms with E-state index < -0.39 is 164 Å². The van der Waals surface area contributed by atoms with Crippen LogP contribution in [0.1, 0.15) is 130 Å². The minimum atomic E-state index is -2.76. The molecule has 4 aliphatic heterocycles. The maximum Gasteiger partial charge on any atom is 0.335 e. The van der Waals surface area contributed by atoms with Gasteiger partial charge in [-0.2, -0.15) is 0 Å². The van der Waals surface area contributed by atoms with Gasteiger partial charge in [0, 0.05) is 26.2 Å². The first kappa shape index (κ1) is 66.7.